The standard InChI is InChI=1S/C42H28N2OS/c1-3-9-32(10-4-1)44(33-11-5-2-6-12-33)34-20-15-28(16-21-34)29-17-23-41-37(25-29)38-26-30(19-24-42(38)46-41)43-31-18-22-36-35-13-7-8-14-39(35)45-40(36)27-31/h1-27,43H. The molecule has 0 saturated carbocycles. The average Bonchev–Trinajstić information content (AvgIpc) is 3.67. The molecule has 0 unspecified atom stereocenters. The van der Waals surface area contributed by atoms with Crippen molar-refractivity contribution in [3.8, 4) is 11.1 Å². The Bertz CT molecular complexity index is 2460. The summed E-state index contributed by atoms with van der Waals surface area (Å²) in [5.41, 5.74) is 9.66. The Kier molecular flexibility index (Phi) is 6.32. The van der Waals surface area contributed by atoms with Gasteiger partial charge in [-0.3, -0.25) is 0 Å². The first-order valence-corrected chi connectivity index (χ1v) is 16.2. The molecule has 0 saturated heterocycles. The second-order valence-electron chi connectivity index (χ2n) is 11.5. The maximum absolute atomic E-state index is 6.13. The number of benzene rings is 7. The minimum absolute atomic E-state index is 0.888. The molecule has 0 bridgehead atoms. The quantitative estimate of drug-likeness (QED) is 0.204. The van der Waals surface area contributed by atoms with E-state index in [-0.39, 0.29) is 0 Å². The zero-order chi connectivity index (χ0) is 30.5. The molecule has 3 nitrogen and oxygen atoms in total. The number of hydrogen-bond acceptors (Lipinski definition) is 4. The third-order valence-corrected chi connectivity index (χ3v) is 9.78. The van der Waals surface area contributed by atoms with Crippen molar-refractivity contribution in [2.45, 2.75) is 0 Å². The monoisotopic (exact) mass is 608 g/mol. The van der Waals surface area contributed by atoms with Gasteiger partial charge in [-0.15, -0.1) is 11.3 Å². The second-order valence-corrected chi connectivity index (χ2v) is 12.6. The Balaban J connectivity index is 1.04. The van der Waals surface area contributed by atoms with Crippen LogP contribution in [-0.4, -0.2) is 0 Å². The van der Waals surface area contributed by atoms with E-state index in [2.05, 4.69) is 162 Å². The third kappa shape index (κ3) is 4.68. The van der Waals surface area contributed by atoms with E-state index >= 15 is 0 Å². The van der Waals surface area contributed by atoms with Crippen molar-refractivity contribution in [1.82, 2.24) is 0 Å². The van der Waals surface area contributed by atoms with Crippen LogP contribution in [0.15, 0.2) is 168 Å². The summed E-state index contributed by atoms with van der Waals surface area (Å²) in [6, 6.07) is 57.9. The maximum Gasteiger partial charge on any atom is 0.137 e. The molecular weight excluding hydrogens is 581 g/mol. The first-order chi connectivity index (χ1) is 22.8. The molecule has 7 aromatic carbocycles. The molecule has 0 fully saturated rings. The summed E-state index contributed by atoms with van der Waals surface area (Å²) in [7, 11) is 0. The number of para-hydroxylation sites is 3. The van der Waals surface area contributed by atoms with Crippen LogP contribution in [0, 0.1) is 0 Å². The Morgan fingerprint density at radius 2 is 0.978 bits per heavy atom. The summed E-state index contributed by atoms with van der Waals surface area (Å²) < 4.78 is 8.69. The molecule has 0 aliphatic heterocycles. The lowest BCUT2D eigenvalue weighted by atomic mass is 10.0. The van der Waals surface area contributed by atoms with Gasteiger partial charge in [0.05, 0.1) is 0 Å². The van der Waals surface area contributed by atoms with E-state index in [9.17, 15) is 0 Å². The van der Waals surface area contributed by atoms with E-state index in [0.717, 1.165) is 50.4 Å². The number of hydrogen-bond donors (Lipinski definition) is 1. The Hall–Kier alpha value is -5.84. The van der Waals surface area contributed by atoms with Gasteiger partial charge in [-0.1, -0.05) is 72.8 Å². The highest BCUT2D eigenvalue weighted by Gasteiger charge is 2.13. The molecule has 218 valence electrons. The maximum atomic E-state index is 6.13. The second kappa shape index (κ2) is 11.0. The molecule has 0 aliphatic carbocycles. The van der Waals surface area contributed by atoms with E-state index in [1.807, 2.05) is 23.5 Å². The van der Waals surface area contributed by atoms with Gasteiger partial charge in [0.1, 0.15) is 11.2 Å². The van der Waals surface area contributed by atoms with E-state index in [0.29, 0.717) is 0 Å². The molecule has 4 heteroatoms. The summed E-state index contributed by atoms with van der Waals surface area (Å²) in [4.78, 5) is 2.29. The van der Waals surface area contributed by atoms with Crippen molar-refractivity contribution < 1.29 is 4.42 Å². The third-order valence-electron chi connectivity index (χ3n) is 8.62. The van der Waals surface area contributed by atoms with Crippen molar-refractivity contribution >= 4 is 81.9 Å². The number of thiophene rings is 1. The van der Waals surface area contributed by atoms with Gasteiger partial charge in [0.2, 0.25) is 0 Å². The lowest BCUT2D eigenvalue weighted by Crippen LogP contribution is -2.09. The minimum atomic E-state index is 0.888. The fraction of sp³-hybridized carbons (Fsp3) is 0. The molecule has 0 atom stereocenters. The SMILES string of the molecule is c1ccc(N(c2ccccc2)c2ccc(-c3ccc4sc5ccc(Nc6ccc7c(c6)oc6ccccc67)cc5c4c3)cc2)cc1. The van der Waals surface area contributed by atoms with Gasteiger partial charge in [-0.05, 0) is 96.1 Å². The van der Waals surface area contributed by atoms with Crippen LogP contribution < -0.4 is 10.2 Å². The summed E-state index contributed by atoms with van der Waals surface area (Å²) in [6.45, 7) is 0. The van der Waals surface area contributed by atoms with Crippen molar-refractivity contribution in [3.63, 3.8) is 0 Å². The normalized spacial score (nSPS) is 11.5. The van der Waals surface area contributed by atoms with Crippen LogP contribution in [0.3, 0.4) is 0 Å². The smallest absolute Gasteiger partial charge is 0.137 e. The minimum Gasteiger partial charge on any atom is -0.456 e. The van der Waals surface area contributed by atoms with E-state index in [1.165, 1.54) is 31.3 Å². The molecule has 9 rings (SSSR count). The molecule has 0 aliphatic rings. The number of fused-ring (bicyclic) bond motifs is 6. The highest BCUT2D eigenvalue weighted by molar-refractivity contribution is 7.25. The number of nitrogens with zero attached hydrogens (tertiary/aromatic N) is 1. The Morgan fingerprint density at radius 1 is 0.413 bits per heavy atom. The van der Waals surface area contributed by atoms with E-state index in [4.69, 9.17) is 4.42 Å². The summed E-state index contributed by atoms with van der Waals surface area (Å²) in [6.07, 6.45) is 0. The summed E-state index contributed by atoms with van der Waals surface area (Å²) in [5.74, 6) is 0. The van der Waals surface area contributed by atoms with Gasteiger partial charge in [0.15, 0.2) is 0 Å². The van der Waals surface area contributed by atoms with Gasteiger partial charge < -0.3 is 14.6 Å². The molecule has 9 aromatic rings. The van der Waals surface area contributed by atoms with Crippen LogP contribution in [0.25, 0.3) is 53.2 Å². The zero-order valence-electron chi connectivity index (χ0n) is 24.9. The van der Waals surface area contributed by atoms with Crippen LogP contribution in [-0.2, 0) is 0 Å². The predicted octanol–water partition coefficient (Wildman–Crippen LogP) is 12.8. The van der Waals surface area contributed by atoms with Crippen molar-refractivity contribution in [3.05, 3.63) is 164 Å². The topological polar surface area (TPSA) is 28.4 Å². The average molecular weight is 609 g/mol. The summed E-state index contributed by atoms with van der Waals surface area (Å²) in [5, 5.41) is 8.42. The molecule has 2 heterocycles. The van der Waals surface area contributed by atoms with Gasteiger partial charge >= 0.3 is 0 Å². The first kappa shape index (κ1) is 26.6. The molecule has 2 aromatic heterocycles. The number of anilines is 5. The molecule has 0 amide bonds. The Labute approximate surface area is 270 Å². The van der Waals surface area contributed by atoms with Gasteiger partial charge in [-0.25, -0.2) is 0 Å². The van der Waals surface area contributed by atoms with Gasteiger partial charge in [0.25, 0.3) is 0 Å². The predicted molar refractivity (Wildman–Crippen MR) is 196 cm³/mol. The largest absolute Gasteiger partial charge is 0.456 e. The lowest BCUT2D eigenvalue weighted by molar-refractivity contribution is 0.669. The fourth-order valence-electron chi connectivity index (χ4n) is 6.41. The van der Waals surface area contributed by atoms with Crippen LogP contribution in [0.1, 0.15) is 0 Å². The number of rotatable bonds is 6. The van der Waals surface area contributed by atoms with Crippen LogP contribution >= 0.6 is 11.3 Å². The van der Waals surface area contributed by atoms with Crippen LogP contribution in [0.4, 0.5) is 28.4 Å². The fourth-order valence-corrected chi connectivity index (χ4v) is 7.48. The lowest BCUT2D eigenvalue weighted by Gasteiger charge is -2.25. The van der Waals surface area contributed by atoms with Crippen LogP contribution in [0.5, 0.6) is 0 Å². The number of nitrogens with one attached hydrogen (secondary N) is 1. The first-order valence-electron chi connectivity index (χ1n) is 15.4. The van der Waals surface area contributed by atoms with Gasteiger partial charge in [-0.2, -0.15) is 0 Å². The summed E-state index contributed by atoms with van der Waals surface area (Å²) >= 11 is 1.84. The van der Waals surface area contributed by atoms with Crippen molar-refractivity contribution in [2.24, 2.45) is 0 Å². The zero-order valence-corrected chi connectivity index (χ0v) is 25.7. The Morgan fingerprint density at radius 3 is 1.74 bits per heavy atom. The van der Waals surface area contributed by atoms with Crippen molar-refractivity contribution in [1.29, 1.82) is 0 Å². The molecule has 46 heavy (non-hydrogen) atoms. The van der Waals surface area contributed by atoms with Crippen LogP contribution in [0.2, 0.25) is 0 Å². The van der Waals surface area contributed by atoms with Gasteiger partial charge in [0, 0.05) is 65.4 Å². The number of furan rings is 1. The molecular formula is C42H28N2OS. The highest BCUT2D eigenvalue weighted by Crippen LogP contribution is 2.40. The van der Waals surface area contributed by atoms with Crippen molar-refractivity contribution in [2.75, 3.05) is 10.2 Å². The van der Waals surface area contributed by atoms with E-state index in [1.54, 1.807) is 0 Å². The molecule has 0 spiro atoms. The van der Waals surface area contributed by atoms with E-state index < -0.39 is 0 Å². The molecule has 0 radical (unpaired) electrons. The highest BCUT2D eigenvalue weighted by atomic mass is 32.1. The molecule has 1 N–H and O–H groups in total.